The van der Waals surface area contributed by atoms with Crippen LogP contribution < -0.4 is 0 Å². The van der Waals surface area contributed by atoms with Gasteiger partial charge >= 0.3 is 0 Å². The molecule has 0 saturated heterocycles. The van der Waals surface area contributed by atoms with Crippen molar-refractivity contribution in [2.24, 2.45) is 11.8 Å². The summed E-state index contributed by atoms with van der Waals surface area (Å²) in [5.74, 6) is 1.37. The van der Waals surface area contributed by atoms with Crippen LogP contribution >= 0.6 is 0 Å². The van der Waals surface area contributed by atoms with E-state index in [4.69, 9.17) is 0 Å². The van der Waals surface area contributed by atoms with Crippen LogP contribution in [0.3, 0.4) is 0 Å². The first-order valence-electron chi connectivity index (χ1n) is 4.02. The Morgan fingerprint density at radius 1 is 1.30 bits per heavy atom. The molecule has 10 heavy (non-hydrogen) atoms. The van der Waals surface area contributed by atoms with Crippen molar-refractivity contribution in [2.45, 2.75) is 26.7 Å². The largest absolute Gasteiger partial charge is 0.0877 e. The van der Waals surface area contributed by atoms with Gasteiger partial charge < -0.3 is 0 Å². The molecule has 1 aliphatic carbocycles. The summed E-state index contributed by atoms with van der Waals surface area (Å²) >= 11 is 0. The van der Waals surface area contributed by atoms with Crippen LogP contribution in [0.5, 0.6) is 0 Å². The molecule has 1 radical (unpaired) electrons. The van der Waals surface area contributed by atoms with Gasteiger partial charge in [0.05, 0.1) is 0 Å². The highest BCUT2D eigenvalue weighted by Gasteiger charge is 1.99. The van der Waals surface area contributed by atoms with E-state index < -0.39 is 0 Å². The summed E-state index contributed by atoms with van der Waals surface area (Å²) in [5.41, 5.74) is 0. The van der Waals surface area contributed by atoms with Gasteiger partial charge in [-0.2, -0.15) is 0 Å². The molecule has 0 heteroatoms. The molecular weight excluding hydrogens is 120 g/mol. The maximum atomic E-state index is 3.31. The van der Waals surface area contributed by atoms with Crippen molar-refractivity contribution in [3.63, 3.8) is 0 Å². The van der Waals surface area contributed by atoms with Crippen LogP contribution in [0.4, 0.5) is 0 Å². The zero-order valence-corrected chi connectivity index (χ0v) is 6.80. The fraction of sp³-hybridized carbons (Fsp3) is 0.600. The number of hydrogen-bond acceptors (Lipinski definition) is 0. The van der Waals surface area contributed by atoms with Crippen LogP contribution in [0, 0.1) is 17.9 Å². The Morgan fingerprint density at radius 3 is 2.90 bits per heavy atom. The quantitative estimate of drug-likeness (QED) is 0.448. The second-order valence-electron chi connectivity index (χ2n) is 3.19. The fourth-order valence-electron chi connectivity index (χ4n) is 1.12. The molecule has 0 spiro atoms. The molecule has 0 aromatic heterocycles. The third kappa shape index (κ3) is 2.38. The van der Waals surface area contributed by atoms with Crippen LogP contribution in [0.15, 0.2) is 18.2 Å². The molecule has 0 amide bonds. The minimum Gasteiger partial charge on any atom is -0.0877 e. The molecular formula is C10H15. The van der Waals surface area contributed by atoms with Crippen molar-refractivity contribution >= 4 is 0 Å². The summed E-state index contributed by atoms with van der Waals surface area (Å²) in [6, 6.07) is 0. The summed E-state index contributed by atoms with van der Waals surface area (Å²) in [6.07, 6.45) is 12.3. The maximum absolute atomic E-state index is 3.31. The number of allylic oxidation sites excluding steroid dienone is 4. The number of hydrogen-bond donors (Lipinski definition) is 0. The van der Waals surface area contributed by atoms with Crippen molar-refractivity contribution in [1.82, 2.24) is 0 Å². The van der Waals surface area contributed by atoms with Gasteiger partial charge in [-0.15, -0.1) is 0 Å². The molecule has 0 aromatic rings. The van der Waals surface area contributed by atoms with Crippen molar-refractivity contribution in [1.29, 1.82) is 0 Å². The van der Waals surface area contributed by atoms with E-state index in [2.05, 4.69) is 38.2 Å². The van der Waals surface area contributed by atoms with Crippen molar-refractivity contribution < 1.29 is 0 Å². The first-order chi connectivity index (χ1) is 4.79. The summed E-state index contributed by atoms with van der Waals surface area (Å²) in [6.45, 7) is 4.46. The van der Waals surface area contributed by atoms with Gasteiger partial charge in [0, 0.05) is 0 Å². The van der Waals surface area contributed by atoms with Crippen LogP contribution in [0.2, 0.25) is 0 Å². The predicted molar refractivity (Wildman–Crippen MR) is 44.5 cm³/mol. The zero-order chi connectivity index (χ0) is 7.40. The van der Waals surface area contributed by atoms with Gasteiger partial charge in [0.1, 0.15) is 0 Å². The summed E-state index contributed by atoms with van der Waals surface area (Å²) in [5, 5.41) is 0. The average molecular weight is 135 g/mol. The fourth-order valence-corrected chi connectivity index (χ4v) is 1.12. The third-order valence-corrected chi connectivity index (χ3v) is 1.81. The number of rotatable bonds is 0. The van der Waals surface area contributed by atoms with Gasteiger partial charge in [-0.05, 0) is 30.8 Å². The predicted octanol–water partition coefficient (Wildman–Crippen LogP) is 2.97. The van der Waals surface area contributed by atoms with Gasteiger partial charge in [-0.25, -0.2) is 0 Å². The first kappa shape index (κ1) is 7.59. The average Bonchev–Trinajstić information content (AvgIpc) is 1.84. The van der Waals surface area contributed by atoms with E-state index in [9.17, 15) is 0 Å². The minimum atomic E-state index is 0.684. The standard InChI is InChI=1S/C10H15/c1-9-5-3-7-10(2)8-4-6-9/h3,5,8-10H,6-7H2,1-2H3. The van der Waals surface area contributed by atoms with Crippen LogP contribution in [0.1, 0.15) is 26.7 Å². The topological polar surface area (TPSA) is 0 Å². The molecule has 0 saturated carbocycles. The normalized spacial score (nSPS) is 33.4. The Hall–Kier alpha value is -0.520. The second-order valence-corrected chi connectivity index (χ2v) is 3.19. The Bertz CT molecular complexity index is 124. The summed E-state index contributed by atoms with van der Waals surface area (Å²) in [4.78, 5) is 0. The molecule has 2 unspecified atom stereocenters. The van der Waals surface area contributed by atoms with Gasteiger partial charge in [0.25, 0.3) is 0 Å². The van der Waals surface area contributed by atoms with Crippen molar-refractivity contribution in [3.8, 4) is 0 Å². The van der Waals surface area contributed by atoms with Gasteiger partial charge in [-0.3, -0.25) is 0 Å². The molecule has 1 rings (SSSR count). The Balaban J connectivity index is 2.48. The Kier molecular flexibility index (Phi) is 2.73. The molecule has 0 aliphatic heterocycles. The highest BCUT2D eigenvalue weighted by molar-refractivity contribution is 4.96. The second kappa shape index (κ2) is 3.60. The molecule has 0 fully saturated rings. The molecule has 1 aliphatic rings. The van der Waals surface area contributed by atoms with E-state index in [1.807, 2.05) is 0 Å². The Labute approximate surface area is 63.6 Å². The third-order valence-electron chi connectivity index (χ3n) is 1.81. The lowest BCUT2D eigenvalue weighted by Crippen LogP contribution is -1.94. The van der Waals surface area contributed by atoms with Crippen molar-refractivity contribution in [2.75, 3.05) is 0 Å². The van der Waals surface area contributed by atoms with Crippen LogP contribution in [-0.4, -0.2) is 0 Å². The van der Waals surface area contributed by atoms with Gasteiger partial charge in [-0.1, -0.05) is 32.1 Å². The summed E-state index contributed by atoms with van der Waals surface area (Å²) < 4.78 is 0. The summed E-state index contributed by atoms with van der Waals surface area (Å²) in [7, 11) is 0. The van der Waals surface area contributed by atoms with E-state index in [0.717, 1.165) is 6.42 Å². The van der Waals surface area contributed by atoms with Gasteiger partial charge in [0.2, 0.25) is 0 Å². The van der Waals surface area contributed by atoms with E-state index in [-0.39, 0.29) is 0 Å². The zero-order valence-electron chi connectivity index (χ0n) is 6.80. The van der Waals surface area contributed by atoms with Gasteiger partial charge in [0.15, 0.2) is 0 Å². The van der Waals surface area contributed by atoms with Crippen molar-refractivity contribution in [3.05, 3.63) is 24.3 Å². The smallest absolute Gasteiger partial charge is 0.0219 e. The molecule has 55 valence electrons. The highest BCUT2D eigenvalue weighted by atomic mass is 14.0. The molecule has 0 nitrogen and oxygen atoms in total. The monoisotopic (exact) mass is 135 g/mol. The SMILES string of the molecule is CC1C=CCC(C)C=[C]C1. The lowest BCUT2D eigenvalue weighted by molar-refractivity contribution is 0.672. The maximum Gasteiger partial charge on any atom is -0.0219 e. The molecule has 0 aromatic carbocycles. The lowest BCUT2D eigenvalue weighted by Gasteiger charge is -2.07. The van der Waals surface area contributed by atoms with E-state index in [1.165, 1.54) is 6.42 Å². The Morgan fingerprint density at radius 2 is 2.10 bits per heavy atom. The minimum absolute atomic E-state index is 0.684. The first-order valence-corrected chi connectivity index (χ1v) is 4.02. The van der Waals surface area contributed by atoms with Crippen LogP contribution in [0.25, 0.3) is 0 Å². The molecule has 0 bridgehead atoms. The molecule has 0 heterocycles. The van der Waals surface area contributed by atoms with E-state index in [0.29, 0.717) is 11.8 Å². The highest BCUT2D eigenvalue weighted by Crippen LogP contribution is 2.13. The van der Waals surface area contributed by atoms with E-state index >= 15 is 0 Å². The van der Waals surface area contributed by atoms with E-state index in [1.54, 1.807) is 0 Å². The van der Waals surface area contributed by atoms with Crippen LogP contribution in [-0.2, 0) is 0 Å². The molecule has 2 atom stereocenters. The molecule has 0 N–H and O–H groups in total. The lowest BCUT2D eigenvalue weighted by atomic mass is 9.98.